The van der Waals surface area contributed by atoms with Crippen molar-refractivity contribution in [3.05, 3.63) is 164 Å². The molecule has 0 bridgehead atoms. The molecule has 10 aromatic rings. The van der Waals surface area contributed by atoms with Gasteiger partial charge in [-0.1, -0.05) is 133 Å². The van der Waals surface area contributed by atoms with E-state index in [0.29, 0.717) is 17.5 Å². The van der Waals surface area contributed by atoms with Crippen LogP contribution in [-0.4, -0.2) is 15.0 Å². The summed E-state index contributed by atoms with van der Waals surface area (Å²) in [5.74, 6) is 1.79. The first-order valence-corrected chi connectivity index (χ1v) is 16.6. The summed E-state index contributed by atoms with van der Waals surface area (Å²) in [5, 5.41) is 4.28. The summed E-state index contributed by atoms with van der Waals surface area (Å²) in [5.41, 5.74) is 10.3. The fraction of sp³-hybridized carbons (Fsp3) is 0. The topological polar surface area (TPSA) is 65.0 Å². The average molecular weight is 642 g/mol. The Labute approximate surface area is 287 Å². The summed E-state index contributed by atoms with van der Waals surface area (Å²) in [4.78, 5) is 15.1. The summed E-state index contributed by atoms with van der Waals surface area (Å²) < 4.78 is 12.9. The molecule has 0 radical (unpaired) electrons. The van der Waals surface area contributed by atoms with E-state index >= 15 is 0 Å². The van der Waals surface area contributed by atoms with Crippen LogP contribution in [0.5, 0.6) is 0 Å². The van der Waals surface area contributed by atoms with Crippen molar-refractivity contribution in [3.8, 4) is 56.4 Å². The molecule has 234 valence electrons. The third-order valence-electron chi connectivity index (χ3n) is 9.35. The Kier molecular flexibility index (Phi) is 6.42. The molecule has 3 aromatic heterocycles. The molecule has 5 nitrogen and oxygen atoms in total. The average Bonchev–Trinajstić information content (AvgIpc) is 3.77. The number of hydrogen-bond acceptors (Lipinski definition) is 5. The van der Waals surface area contributed by atoms with Crippen molar-refractivity contribution in [1.82, 2.24) is 15.0 Å². The quantitative estimate of drug-likeness (QED) is 0.187. The molecule has 0 fully saturated rings. The summed E-state index contributed by atoms with van der Waals surface area (Å²) in [7, 11) is 0. The fourth-order valence-corrected chi connectivity index (χ4v) is 7.09. The minimum absolute atomic E-state index is 0.571. The monoisotopic (exact) mass is 641 g/mol. The van der Waals surface area contributed by atoms with Gasteiger partial charge in [-0.15, -0.1) is 0 Å². The normalized spacial score (nSPS) is 11.6. The van der Waals surface area contributed by atoms with E-state index < -0.39 is 0 Å². The zero-order valence-corrected chi connectivity index (χ0v) is 26.7. The molecule has 7 aromatic carbocycles. The molecular formula is C45H27N3O2. The van der Waals surface area contributed by atoms with Gasteiger partial charge in [0, 0.05) is 38.2 Å². The number of benzene rings is 7. The number of hydrogen-bond donors (Lipinski definition) is 0. The van der Waals surface area contributed by atoms with Gasteiger partial charge in [0.05, 0.1) is 0 Å². The number of para-hydroxylation sites is 2. The summed E-state index contributed by atoms with van der Waals surface area (Å²) in [6, 6.07) is 55.7. The van der Waals surface area contributed by atoms with Crippen molar-refractivity contribution in [2.24, 2.45) is 0 Å². The maximum Gasteiger partial charge on any atom is 0.164 e. The highest BCUT2D eigenvalue weighted by Crippen LogP contribution is 2.45. The third-order valence-corrected chi connectivity index (χ3v) is 9.35. The van der Waals surface area contributed by atoms with Gasteiger partial charge in [0.15, 0.2) is 17.5 Å². The Bertz CT molecular complexity index is 2810. The molecule has 50 heavy (non-hydrogen) atoms. The van der Waals surface area contributed by atoms with Crippen molar-refractivity contribution < 1.29 is 8.83 Å². The number of rotatable bonds is 5. The van der Waals surface area contributed by atoms with E-state index in [9.17, 15) is 0 Å². The lowest BCUT2D eigenvalue weighted by Crippen LogP contribution is -2.00. The molecule has 0 unspecified atom stereocenters. The summed E-state index contributed by atoms with van der Waals surface area (Å²) in [6.07, 6.45) is 0. The predicted molar refractivity (Wildman–Crippen MR) is 202 cm³/mol. The second kappa shape index (κ2) is 11.4. The molecule has 0 saturated carbocycles. The molecule has 3 heterocycles. The van der Waals surface area contributed by atoms with E-state index in [0.717, 1.165) is 82.8 Å². The zero-order valence-electron chi connectivity index (χ0n) is 26.7. The van der Waals surface area contributed by atoms with Gasteiger partial charge < -0.3 is 8.83 Å². The van der Waals surface area contributed by atoms with Crippen LogP contribution in [0.2, 0.25) is 0 Å². The summed E-state index contributed by atoms with van der Waals surface area (Å²) >= 11 is 0. The van der Waals surface area contributed by atoms with Gasteiger partial charge in [-0.3, -0.25) is 0 Å². The lowest BCUT2D eigenvalue weighted by molar-refractivity contribution is 0.668. The van der Waals surface area contributed by atoms with E-state index in [1.54, 1.807) is 0 Å². The van der Waals surface area contributed by atoms with Crippen LogP contribution in [-0.2, 0) is 0 Å². The standard InChI is InChI=1S/C45H27N3O2/c1-3-14-28(15-4-1)43-46-44(29-16-5-2-6-17-29)48-45(47-43)30-26-36(42-35-21-10-12-24-38(35)50-40(42)27-30)32-19-8-7-18-31(32)33-22-13-25-39-41(33)34-20-9-11-23-37(34)49-39/h1-27H. The first-order valence-electron chi connectivity index (χ1n) is 16.6. The molecule has 0 amide bonds. The van der Waals surface area contributed by atoms with Gasteiger partial charge in [-0.05, 0) is 52.6 Å². The smallest absolute Gasteiger partial charge is 0.164 e. The number of fused-ring (bicyclic) bond motifs is 6. The molecule has 0 atom stereocenters. The summed E-state index contributed by atoms with van der Waals surface area (Å²) in [6.45, 7) is 0. The van der Waals surface area contributed by atoms with Gasteiger partial charge in [0.2, 0.25) is 0 Å². The number of furan rings is 2. The molecule has 0 aliphatic heterocycles. The maximum atomic E-state index is 6.58. The van der Waals surface area contributed by atoms with Crippen LogP contribution in [0.15, 0.2) is 173 Å². The van der Waals surface area contributed by atoms with Gasteiger partial charge in [0.1, 0.15) is 22.3 Å². The second-order valence-electron chi connectivity index (χ2n) is 12.4. The Hall–Kier alpha value is -6.85. The van der Waals surface area contributed by atoms with E-state index in [1.165, 1.54) is 0 Å². The Morgan fingerprint density at radius 3 is 1.36 bits per heavy atom. The molecule has 0 aliphatic rings. The molecule has 0 N–H and O–H groups in total. The zero-order chi connectivity index (χ0) is 33.0. The minimum atomic E-state index is 0.571. The molecular weight excluding hydrogens is 615 g/mol. The Morgan fingerprint density at radius 1 is 0.300 bits per heavy atom. The highest BCUT2D eigenvalue weighted by atomic mass is 16.3. The van der Waals surface area contributed by atoms with Gasteiger partial charge in [0.25, 0.3) is 0 Å². The van der Waals surface area contributed by atoms with Crippen LogP contribution in [0.3, 0.4) is 0 Å². The molecule has 0 spiro atoms. The fourth-order valence-electron chi connectivity index (χ4n) is 7.09. The molecule has 0 saturated heterocycles. The first kappa shape index (κ1) is 28.2. The van der Waals surface area contributed by atoms with E-state index in [2.05, 4.69) is 72.8 Å². The highest BCUT2D eigenvalue weighted by Gasteiger charge is 2.21. The second-order valence-corrected chi connectivity index (χ2v) is 12.4. The van der Waals surface area contributed by atoms with Crippen molar-refractivity contribution in [2.75, 3.05) is 0 Å². The number of nitrogens with zero attached hydrogens (tertiary/aromatic N) is 3. The molecule has 10 rings (SSSR count). The van der Waals surface area contributed by atoms with Crippen molar-refractivity contribution in [3.63, 3.8) is 0 Å². The third kappa shape index (κ3) is 4.60. The van der Waals surface area contributed by atoms with Crippen molar-refractivity contribution in [1.29, 1.82) is 0 Å². The molecule has 5 heteroatoms. The number of aromatic nitrogens is 3. The van der Waals surface area contributed by atoms with Gasteiger partial charge >= 0.3 is 0 Å². The Balaban J connectivity index is 1.26. The highest BCUT2D eigenvalue weighted by molar-refractivity contribution is 6.17. The van der Waals surface area contributed by atoms with Crippen LogP contribution in [0.25, 0.3) is 100 Å². The minimum Gasteiger partial charge on any atom is -0.456 e. The van der Waals surface area contributed by atoms with Crippen molar-refractivity contribution in [2.45, 2.75) is 0 Å². The van der Waals surface area contributed by atoms with Crippen molar-refractivity contribution >= 4 is 43.9 Å². The SMILES string of the molecule is c1ccc(-c2nc(-c3ccccc3)nc(-c3cc(-c4ccccc4-c4cccc5oc6ccccc6c45)c4c(c3)oc3ccccc34)n2)cc1. The lowest BCUT2D eigenvalue weighted by atomic mass is 9.89. The van der Waals surface area contributed by atoms with E-state index in [1.807, 2.05) is 91.0 Å². The van der Waals surface area contributed by atoms with Gasteiger partial charge in [-0.2, -0.15) is 0 Å². The largest absolute Gasteiger partial charge is 0.456 e. The lowest BCUT2D eigenvalue weighted by Gasteiger charge is -2.14. The van der Waals surface area contributed by atoms with E-state index in [-0.39, 0.29) is 0 Å². The van der Waals surface area contributed by atoms with Gasteiger partial charge in [-0.25, -0.2) is 15.0 Å². The van der Waals surface area contributed by atoms with E-state index in [4.69, 9.17) is 23.8 Å². The van der Waals surface area contributed by atoms with Crippen LogP contribution in [0.1, 0.15) is 0 Å². The Morgan fingerprint density at radius 2 is 0.740 bits per heavy atom. The van der Waals surface area contributed by atoms with Crippen LogP contribution < -0.4 is 0 Å². The maximum absolute atomic E-state index is 6.58. The molecule has 0 aliphatic carbocycles. The van der Waals surface area contributed by atoms with Crippen LogP contribution >= 0.6 is 0 Å². The first-order chi connectivity index (χ1) is 24.8. The predicted octanol–water partition coefficient (Wildman–Crippen LogP) is 12.0. The van der Waals surface area contributed by atoms with Crippen LogP contribution in [0.4, 0.5) is 0 Å². The van der Waals surface area contributed by atoms with Crippen LogP contribution in [0, 0.1) is 0 Å².